The number of aryl methyl sites for hydroxylation is 2. The minimum Gasteiger partial charge on any atom is -0.313 e. The predicted octanol–water partition coefficient (Wildman–Crippen LogP) is 5.21. The van der Waals surface area contributed by atoms with Crippen molar-refractivity contribution in [1.29, 1.82) is 0 Å². The molecule has 0 radical (unpaired) electrons. The summed E-state index contributed by atoms with van der Waals surface area (Å²) in [5, 5.41) is 8.86. The number of nitrogens with zero attached hydrogens (tertiary/aromatic N) is 3. The lowest BCUT2D eigenvalue weighted by Crippen LogP contribution is -2.10. The molecule has 2 aromatic carbocycles. The average Bonchev–Trinajstić information content (AvgIpc) is 3.15. The number of benzene rings is 2. The van der Waals surface area contributed by atoms with Gasteiger partial charge in [0.2, 0.25) is 0 Å². The van der Waals surface area contributed by atoms with E-state index in [-0.39, 0.29) is 0 Å². The molecule has 0 aliphatic heterocycles. The molecular formula is C23H30N4. The summed E-state index contributed by atoms with van der Waals surface area (Å²) in [6, 6.07) is 17.2. The highest BCUT2D eigenvalue weighted by Crippen LogP contribution is 2.25. The van der Waals surface area contributed by atoms with E-state index in [1.54, 1.807) is 0 Å². The van der Waals surface area contributed by atoms with Crippen LogP contribution in [0.2, 0.25) is 0 Å². The molecule has 4 nitrogen and oxygen atoms in total. The summed E-state index contributed by atoms with van der Waals surface area (Å²) in [4.78, 5) is 0. The van der Waals surface area contributed by atoms with Gasteiger partial charge in [0.25, 0.3) is 0 Å². The fourth-order valence-corrected chi connectivity index (χ4v) is 3.31. The van der Waals surface area contributed by atoms with Gasteiger partial charge in [0, 0.05) is 11.1 Å². The molecule has 0 bridgehead atoms. The third-order valence-corrected chi connectivity index (χ3v) is 5.00. The van der Waals surface area contributed by atoms with Crippen LogP contribution in [0, 0.1) is 0 Å². The molecule has 142 valence electrons. The van der Waals surface area contributed by atoms with Crippen molar-refractivity contribution < 1.29 is 0 Å². The molecule has 0 aliphatic rings. The van der Waals surface area contributed by atoms with Crippen LogP contribution in [0.15, 0.2) is 48.5 Å². The smallest absolute Gasteiger partial charge is 0.165 e. The maximum atomic E-state index is 6.04. The van der Waals surface area contributed by atoms with Crippen molar-refractivity contribution in [2.24, 2.45) is 5.73 Å². The molecule has 0 saturated heterocycles. The van der Waals surface area contributed by atoms with E-state index in [1.165, 1.54) is 36.8 Å². The summed E-state index contributed by atoms with van der Waals surface area (Å²) in [6.45, 7) is 4.79. The molecule has 0 fully saturated rings. The fourth-order valence-electron chi connectivity index (χ4n) is 3.31. The van der Waals surface area contributed by atoms with E-state index in [1.807, 2.05) is 4.57 Å². The highest BCUT2D eigenvalue weighted by molar-refractivity contribution is 5.63. The number of hydrogen-bond acceptors (Lipinski definition) is 3. The van der Waals surface area contributed by atoms with Gasteiger partial charge >= 0.3 is 0 Å². The molecule has 4 heteroatoms. The Bertz CT molecular complexity index is 763. The Morgan fingerprint density at radius 2 is 1.11 bits per heavy atom. The van der Waals surface area contributed by atoms with Crippen LogP contribution in [-0.2, 0) is 19.5 Å². The Balaban J connectivity index is 1.84. The van der Waals surface area contributed by atoms with Crippen LogP contribution in [0.4, 0.5) is 0 Å². The minimum absolute atomic E-state index is 0.354. The van der Waals surface area contributed by atoms with Gasteiger partial charge in [-0.3, -0.25) is 4.57 Å². The monoisotopic (exact) mass is 362 g/mol. The van der Waals surface area contributed by atoms with Gasteiger partial charge in [-0.25, -0.2) is 0 Å². The maximum Gasteiger partial charge on any atom is 0.165 e. The molecule has 0 unspecified atom stereocenters. The van der Waals surface area contributed by atoms with Crippen LogP contribution in [-0.4, -0.2) is 14.8 Å². The zero-order valence-electron chi connectivity index (χ0n) is 16.5. The minimum atomic E-state index is 0.354. The fraction of sp³-hybridized carbons (Fsp3) is 0.391. The van der Waals surface area contributed by atoms with Crippen LogP contribution in [0.5, 0.6) is 0 Å². The summed E-state index contributed by atoms with van der Waals surface area (Å²) >= 11 is 0. The molecule has 0 spiro atoms. The van der Waals surface area contributed by atoms with Crippen LogP contribution >= 0.6 is 0 Å². The number of unbranched alkanes of at least 4 members (excludes halogenated alkanes) is 2. The highest BCUT2D eigenvalue weighted by atomic mass is 15.3. The van der Waals surface area contributed by atoms with E-state index < -0.39 is 0 Å². The van der Waals surface area contributed by atoms with Gasteiger partial charge in [0.15, 0.2) is 11.6 Å². The molecule has 1 aromatic heterocycles. The summed E-state index contributed by atoms with van der Waals surface area (Å²) < 4.78 is 1.99. The van der Waals surface area contributed by atoms with Crippen LogP contribution in [0.1, 0.15) is 50.7 Å². The summed E-state index contributed by atoms with van der Waals surface area (Å²) in [5.41, 5.74) is 10.9. The molecule has 3 rings (SSSR count). The van der Waals surface area contributed by atoms with Crippen molar-refractivity contribution in [2.75, 3.05) is 0 Å². The first-order chi connectivity index (χ1) is 13.3. The molecular weight excluding hydrogens is 332 g/mol. The summed E-state index contributed by atoms with van der Waals surface area (Å²) in [7, 11) is 0. The lowest BCUT2D eigenvalue weighted by atomic mass is 10.1. The first kappa shape index (κ1) is 19.3. The van der Waals surface area contributed by atoms with E-state index in [0.717, 1.165) is 35.6 Å². The quantitative estimate of drug-likeness (QED) is 0.568. The number of aromatic nitrogens is 3. The Morgan fingerprint density at radius 3 is 1.44 bits per heavy atom. The van der Waals surface area contributed by atoms with Crippen LogP contribution in [0.25, 0.3) is 22.8 Å². The molecule has 0 aliphatic carbocycles. The predicted molar refractivity (Wildman–Crippen MR) is 112 cm³/mol. The largest absolute Gasteiger partial charge is 0.313 e. The molecule has 3 aromatic rings. The van der Waals surface area contributed by atoms with E-state index in [2.05, 4.69) is 72.6 Å². The highest BCUT2D eigenvalue weighted by Gasteiger charge is 2.14. The van der Waals surface area contributed by atoms with Crippen molar-refractivity contribution in [3.05, 3.63) is 59.7 Å². The SMILES string of the molecule is CCCCc1ccc(-c2nnc(-c3ccc(CCCC)cc3)n2CN)cc1. The van der Waals surface area contributed by atoms with Crippen LogP contribution in [0.3, 0.4) is 0 Å². The van der Waals surface area contributed by atoms with Gasteiger partial charge in [-0.2, -0.15) is 0 Å². The van der Waals surface area contributed by atoms with Gasteiger partial charge in [-0.05, 0) is 36.8 Å². The van der Waals surface area contributed by atoms with Crippen molar-refractivity contribution in [3.8, 4) is 22.8 Å². The van der Waals surface area contributed by atoms with Gasteiger partial charge in [0.1, 0.15) is 0 Å². The second-order valence-corrected chi connectivity index (χ2v) is 7.06. The molecule has 27 heavy (non-hydrogen) atoms. The molecule has 0 saturated carbocycles. The average molecular weight is 363 g/mol. The maximum absolute atomic E-state index is 6.04. The number of nitrogens with two attached hydrogens (primary N) is 1. The number of rotatable bonds is 9. The number of hydrogen-bond donors (Lipinski definition) is 1. The van der Waals surface area contributed by atoms with E-state index in [9.17, 15) is 0 Å². The zero-order chi connectivity index (χ0) is 19.1. The second kappa shape index (κ2) is 9.47. The zero-order valence-corrected chi connectivity index (χ0v) is 16.5. The molecule has 1 heterocycles. The molecule has 0 amide bonds. The second-order valence-electron chi connectivity index (χ2n) is 7.06. The first-order valence-electron chi connectivity index (χ1n) is 10.1. The Hall–Kier alpha value is -2.46. The lowest BCUT2D eigenvalue weighted by Gasteiger charge is -2.09. The first-order valence-corrected chi connectivity index (χ1v) is 10.1. The van der Waals surface area contributed by atoms with Crippen molar-refractivity contribution >= 4 is 0 Å². The summed E-state index contributed by atoms with van der Waals surface area (Å²) in [6.07, 6.45) is 7.10. The van der Waals surface area contributed by atoms with Gasteiger partial charge in [-0.15, -0.1) is 10.2 Å². The van der Waals surface area contributed by atoms with Crippen LogP contribution < -0.4 is 5.73 Å². The third kappa shape index (κ3) is 4.64. The van der Waals surface area contributed by atoms with Crippen molar-refractivity contribution in [2.45, 2.75) is 59.0 Å². The van der Waals surface area contributed by atoms with E-state index >= 15 is 0 Å². The van der Waals surface area contributed by atoms with E-state index in [4.69, 9.17) is 5.73 Å². The standard InChI is InChI=1S/C23H30N4/c1-3-5-7-18-9-13-20(14-10-18)22-25-26-23(27(22)17-24)21-15-11-19(12-16-21)8-6-4-2/h9-16H,3-8,17,24H2,1-2H3. The van der Waals surface area contributed by atoms with Gasteiger partial charge < -0.3 is 5.73 Å². The van der Waals surface area contributed by atoms with Crippen molar-refractivity contribution in [1.82, 2.24) is 14.8 Å². The summed E-state index contributed by atoms with van der Waals surface area (Å²) in [5.74, 6) is 1.65. The third-order valence-electron chi connectivity index (χ3n) is 5.00. The normalized spacial score (nSPS) is 11.1. The van der Waals surface area contributed by atoms with Gasteiger partial charge in [-0.1, -0.05) is 75.2 Å². The Kier molecular flexibility index (Phi) is 6.77. The molecule has 2 N–H and O–H groups in total. The Morgan fingerprint density at radius 1 is 0.704 bits per heavy atom. The lowest BCUT2D eigenvalue weighted by molar-refractivity contribution is 0.744. The molecule has 0 atom stereocenters. The topological polar surface area (TPSA) is 56.7 Å². The van der Waals surface area contributed by atoms with Crippen molar-refractivity contribution in [3.63, 3.8) is 0 Å². The van der Waals surface area contributed by atoms with E-state index in [0.29, 0.717) is 6.67 Å². The Labute approximate surface area is 162 Å². The van der Waals surface area contributed by atoms with Gasteiger partial charge in [0.05, 0.1) is 6.67 Å².